The molecule has 21 heavy (non-hydrogen) atoms. The summed E-state index contributed by atoms with van der Waals surface area (Å²) in [5, 5.41) is 2.98. The lowest BCUT2D eigenvalue weighted by molar-refractivity contribution is -0.123. The van der Waals surface area contributed by atoms with Gasteiger partial charge in [0, 0.05) is 12.6 Å². The van der Waals surface area contributed by atoms with Gasteiger partial charge in [-0.05, 0) is 77.8 Å². The first-order chi connectivity index (χ1) is 9.91. The van der Waals surface area contributed by atoms with E-state index in [1.165, 1.54) is 25.7 Å². The van der Waals surface area contributed by atoms with E-state index in [9.17, 15) is 4.79 Å². The van der Waals surface area contributed by atoms with Crippen LogP contribution in [0, 0.1) is 11.3 Å². The van der Waals surface area contributed by atoms with E-state index < -0.39 is 0 Å². The third-order valence-electron chi connectivity index (χ3n) is 4.95. The van der Waals surface area contributed by atoms with Crippen molar-refractivity contribution >= 4 is 5.91 Å². The summed E-state index contributed by atoms with van der Waals surface area (Å²) in [7, 11) is 0. The minimum absolute atomic E-state index is 0.165. The summed E-state index contributed by atoms with van der Waals surface area (Å²) in [6.45, 7) is 11.8. The van der Waals surface area contributed by atoms with Crippen LogP contribution >= 0.6 is 0 Å². The summed E-state index contributed by atoms with van der Waals surface area (Å²) in [6, 6.07) is 0.238. The number of rotatable bonds is 7. The number of ether oxygens (including phenoxy) is 1. The second kappa shape index (κ2) is 7.10. The summed E-state index contributed by atoms with van der Waals surface area (Å²) in [6.07, 6.45) is 5.45. The average Bonchev–Trinajstić information content (AvgIpc) is 3.04. The number of nitrogens with zero attached hydrogens (tertiary/aromatic N) is 1. The van der Waals surface area contributed by atoms with Crippen molar-refractivity contribution in [2.45, 2.75) is 65.5 Å². The number of carbonyl (C=O) groups is 1. The summed E-state index contributed by atoms with van der Waals surface area (Å²) in [5.74, 6) is 1.03. The third-order valence-corrected chi connectivity index (χ3v) is 4.95. The molecule has 0 aromatic carbocycles. The van der Waals surface area contributed by atoms with Crippen molar-refractivity contribution in [2.24, 2.45) is 11.3 Å². The maximum atomic E-state index is 11.8. The first-order valence-corrected chi connectivity index (χ1v) is 8.54. The highest BCUT2D eigenvalue weighted by Crippen LogP contribution is 2.60. The first-order valence-electron chi connectivity index (χ1n) is 8.54. The minimum Gasteiger partial charge on any atom is -0.379 e. The predicted octanol–water partition coefficient (Wildman–Crippen LogP) is 2.43. The zero-order valence-corrected chi connectivity index (χ0v) is 14.2. The zero-order valence-electron chi connectivity index (χ0n) is 14.2. The Balaban J connectivity index is 1.64. The van der Waals surface area contributed by atoms with Crippen molar-refractivity contribution in [1.82, 2.24) is 10.2 Å². The fraction of sp³-hybridized carbons (Fsp3) is 0.941. The zero-order chi connectivity index (χ0) is 15.5. The molecule has 1 atom stereocenters. The highest BCUT2D eigenvalue weighted by molar-refractivity contribution is 5.78. The van der Waals surface area contributed by atoms with Crippen LogP contribution in [-0.2, 0) is 9.53 Å². The number of hydrogen-bond donors (Lipinski definition) is 1. The van der Waals surface area contributed by atoms with Gasteiger partial charge in [0.25, 0.3) is 0 Å². The topological polar surface area (TPSA) is 41.6 Å². The van der Waals surface area contributed by atoms with E-state index >= 15 is 0 Å². The second-order valence-electron chi connectivity index (χ2n) is 7.47. The quantitative estimate of drug-likeness (QED) is 0.784. The summed E-state index contributed by atoms with van der Waals surface area (Å²) in [4.78, 5) is 14.1. The van der Waals surface area contributed by atoms with E-state index in [2.05, 4.69) is 24.1 Å². The molecule has 0 aromatic heterocycles. The Morgan fingerprint density at radius 1 is 1.29 bits per heavy atom. The van der Waals surface area contributed by atoms with Crippen LogP contribution in [0.15, 0.2) is 0 Å². The predicted molar refractivity (Wildman–Crippen MR) is 85.2 cm³/mol. The summed E-state index contributed by atoms with van der Waals surface area (Å²) in [5.41, 5.74) is 0.589. The molecule has 1 heterocycles. The molecule has 1 unspecified atom stereocenters. The number of likely N-dealkylation sites (tertiary alicyclic amines) is 1. The molecule has 1 amide bonds. The molecule has 2 aliphatic rings. The molecule has 0 aromatic rings. The Labute approximate surface area is 129 Å². The molecule has 1 aliphatic heterocycles. The number of nitrogens with one attached hydrogen (secondary N) is 1. The van der Waals surface area contributed by atoms with Crippen molar-refractivity contribution in [3.63, 3.8) is 0 Å². The van der Waals surface area contributed by atoms with Crippen LogP contribution in [0.4, 0.5) is 0 Å². The lowest BCUT2D eigenvalue weighted by Gasteiger charge is -2.32. The van der Waals surface area contributed by atoms with Crippen molar-refractivity contribution < 1.29 is 9.53 Å². The van der Waals surface area contributed by atoms with Gasteiger partial charge in [0.05, 0.1) is 12.6 Å². The lowest BCUT2D eigenvalue weighted by atomic mass is 9.90. The average molecular weight is 296 g/mol. The fourth-order valence-electron chi connectivity index (χ4n) is 3.63. The van der Waals surface area contributed by atoms with Crippen molar-refractivity contribution in [2.75, 3.05) is 26.2 Å². The van der Waals surface area contributed by atoms with Gasteiger partial charge < -0.3 is 10.1 Å². The van der Waals surface area contributed by atoms with Gasteiger partial charge in [0.15, 0.2) is 0 Å². The SMILES string of the molecule is CC(C)NC(=O)CN1CCC2(CC1)CC2CCOC(C)C. The van der Waals surface area contributed by atoms with E-state index in [-0.39, 0.29) is 11.9 Å². The summed E-state index contributed by atoms with van der Waals surface area (Å²) < 4.78 is 5.67. The van der Waals surface area contributed by atoms with Crippen LogP contribution in [-0.4, -0.2) is 49.2 Å². The van der Waals surface area contributed by atoms with Gasteiger partial charge in [-0.25, -0.2) is 0 Å². The van der Waals surface area contributed by atoms with Crippen LogP contribution in [0.2, 0.25) is 0 Å². The largest absolute Gasteiger partial charge is 0.379 e. The molecule has 4 heteroatoms. The molecule has 2 fully saturated rings. The van der Waals surface area contributed by atoms with Crippen molar-refractivity contribution in [3.05, 3.63) is 0 Å². The maximum Gasteiger partial charge on any atom is 0.234 e. The molecule has 122 valence electrons. The van der Waals surface area contributed by atoms with E-state index in [0.717, 1.165) is 25.6 Å². The molecule has 1 spiro atoms. The van der Waals surface area contributed by atoms with Crippen LogP contribution in [0.5, 0.6) is 0 Å². The molecule has 1 aliphatic carbocycles. The van der Waals surface area contributed by atoms with Gasteiger partial charge in [0.1, 0.15) is 0 Å². The van der Waals surface area contributed by atoms with Crippen LogP contribution in [0.3, 0.4) is 0 Å². The van der Waals surface area contributed by atoms with Gasteiger partial charge in [-0.1, -0.05) is 0 Å². The van der Waals surface area contributed by atoms with Gasteiger partial charge in [0.2, 0.25) is 5.91 Å². The Hall–Kier alpha value is -0.610. The molecular weight excluding hydrogens is 264 g/mol. The molecular formula is C17H32N2O2. The monoisotopic (exact) mass is 296 g/mol. The molecule has 2 rings (SSSR count). The Kier molecular flexibility index (Phi) is 5.67. The number of piperidine rings is 1. The van der Waals surface area contributed by atoms with Gasteiger partial charge in [-0.3, -0.25) is 9.69 Å². The highest BCUT2D eigenvalue weighted by Gasteiger charge is 2.53. The van der Waals surface area contributed by atoms with E-state index in [0.29, 0.717) is 18.1 Å². The van der Waals surface area contributed by atoms with E-state index in [1.54, 1.807) is 0 Å². The molecule has 0 radical (unpaired) electrons. The molecule has 1 N–H and O–H groups in total. The minimum atomic E-state index is 0.165. The fourth-order valence-corrected chi connectivity index (χ4v) is 3.63. The Bertz CT molecular complexity index is 347. The molecule has 1 saturated heterocycles. The maximum absolute atomic E-state index is 11.8. The van der Waals surface area contributed by atoms with Gasteiger partial charge in [-0.2, -0.15) is 0 Å². The smallest absolute Gasteiger partial charge is 0.234 e. The highest BCUT2D eigenvalue weighted by atomic mass is 16.5. The lowest BCUT2D eigenvalue weighted by Crippen LogP contribution is -2.43. The van der Waals surface area contributed by atoms with Crippen molar-refractivity contribution in [1.29, 1.82) is 0 Å². The van der Waals surface area contributed by atoms with E-state index in [1.807, 2.05) is 13.8 Å². The number of hydrogen-bond acceptors (Lipinski definition) is 3. The summed E-state index contributed by atoms with van der Waals surface area (Å²) >= 11 is 0. The van der Waals surface area contributed by atoms with Crippen LogP contribution < -0.4 is 5.32 Å². The molecule has 0 bridgehead atoms. The molecule has 1 saturated carbocycles. The van der Waals surface area contributed by atoms with Gasteiger partial charge in [-0.15, -0.1) is 0 Å². The number of carbonyl (C=O) groups excluding carboxylic acids is 1. The Morgan fingerprint density at radius 3 is 2.52 bits per heavy atom. The van der Waals surface area contributed by atoms with Crippen molar-refractivity contribution in [3.8, 4) is 0 Å². The number of amides is 1. The van der Waals surface area contributed by atoms with E-state index in [4.69, 9.17) is 4.74 Å². The Morgan fingerprint density at radius 2 is 1.95 bits per heavy atom. The van der Waals surface area contributed by atoms with Gasteiger partial charge >= 0.3 is 0 Å². The van der Waals surface area contributed by atoms with Crippen LogP contribution in [0.25, 0.3) is 0 Å². The second-order valence-corrected chi connectivity index (χ2v) is 7.47. The first kappa shape index (κ1) is 16.8. The standard InChI is InChI=1S/C17H32N2O2/c1-13(2)18-16(20)12-19-8-6-17(7-9-19)11-15(17)5-10-21-14(3)4/h13-15H,5-12H2,1-4H3,(H,18,20). The van der Waals surface area contributed by atoms with Crippen LogP contribution in [0.1, 0.15) is 53.4 Å². The third kappa shape index (κ3) is 4.96. The molecule has 4 nitrogen and oxygen atoms in total. The normalized spacial score (nSPS) is 24.8.